The predicted molar refractivity (Wildman–Crippen MR) is 61.7 cm³/mol. The molecule has 0 heterocycles. The first-order valence-electron chi connectivity index (χ1n) is 4.83. The van der Waals surface area contributed by atoms with E-state index in [0.29, 0.717) is 0 Å². The van der Waals surface area contributed by atoms with Gasteiger partial charge in [-0.25, -0.2) is 0 Å². The number of hydrogen-bond acceptors (Lipinski definition) is 2. The highest BCUT2D eigenvalue weighted by Gasteiger charge is 2.35. The molecule has 1 amide bonds. The number of nitriles is 1. The molecule has 0 fully saturated rings. The number of nitrogens with one attached hydrogen (secondary N) is 1. The maximum atomic E-state index is 12.7. The van der Waals surface area contributed by atoms with Gasteiger partial charge in [0, 0.05) is 4.47 Å². The van der Waals surface area contributed by atoms with Crippen LogP contribution in [0.3, 0.4) is 0 Å². The van der Waals surface area contributed by atoms with Gasteiger partial charge in [0.25, 0.3) is 5.91 Å². The van der Waals surface area contributed by atoms with E-state index in [4.69, 9.17) is 5.26 Å². The van der Waals surface area contributed by atoms with Gasteiger partial charge in [0.2, 0.25) is 0 Å². The summed E-state index contributed by atoms with van der Waals surface area (Å²) in [6.07, 6.45) is -4.63. The number of rotatable bonds is 2. The minimum atomic E-state index is -4.63. The summed E-state index contributed by atoms with van der Waals surface area (Å²) in [4.78, 5) is 11.6. The number of carbonyl (C=O) groups excluding carboxylic acids is 1. The second kappa shape index (κ2) is 5.40. The van der Waals surface area contributed by atoms with Crippen molar-refractivity contribution in [2.45, 2.75) is 19.1 Å². The smallest absolute Gasteiger partial charge is 0.337 e. The summed E-state index contributed by atoms with van der Waals surface area (Å²) in [6, 6.07) is 4.08. The van der Waals surface area contributed by atoms with E-state index in [0.717, 1.165) is 12.1 Å². The van der Waals surface area contributed by atoms with Crippen LogP contribution >= 0.6 is 15.9 Å². The molecule has 0 bridgehead atoms. The minimum Gasteiger partial charge on any atom is -0.337 e. The molecule has 1 unspecified atom stereocenters. The molecule has 1 aromatic carbocycles. The Balaban J connectivity index is 3.17. The van der Waals surface area contributed by atoms with E-state index >= 15 is 0 Å². The Labute approximate surface area is 110 Å². The molecule has 1 aromatic rings. The molecule has 1 rings (SSSR count). The Bertz CT molecular complexity index is 508. The fourth-order valence-electron chi connectivity index (χ4n) is 1.26. The summed E-state index contributed by atoms with van der Waals surface area (Å²) in [5.74, 6) is -0.927. The summed E-state index contributed by atoms with van der Waals surface area (Å²) in [5, 5.41) is 10.7. The van der Waals surface area contributed by atoms with E-state index < -0.39 is 29.3 Å². The average molecular weight is 321 g/mol. The first-order valence-corrected chi connectivity index (χ1v) is 5.62. The second-order valence-corrected chi connectivity index (χ2v) is 4.43. The third-order valence-corrected chi connectivity index (χ3v) is 2.57. The number of benzene rings is 1. The standard InChI is InChI=1S/C11H8BrF3N2O/c1-6(5-16)17-10(18)8-3-2-7(12)4-9(8)11(13,14)15/h2-4,6H,1H3,(H,17,18). The predicted octanol–water partition coefficient (Wildman–Crippen LogP) is 3.11. The molecule has 0 saturated heterocycles. The molecule has 7 heteroatoms. The van der Waals surface area contributed by atoms with Crippen LogP contribution in [0.25, 0.3) is 0 Å². The molecule has 1 atom stereocenters. The maximum absolute atomic E-state index is 12.7. The van der Waals surface area contributed by atoms with Gasteiger partial charge >= 0.3 is 6.18 Å². The minimum absolute atomic E-state index is 0.222. The largest absolute Gasteiger partial charge is 0.417 e. The zero-order valence-corrected chi connectivity index (χ0v) is 10.8. The molecule has 0 aromatic heterocycles. The van der Waals surface area contributed by atoms with E-state index in [1.165, 1.54) is 13.0 Å². The van der Waals surface area contributed by atoms with Crippen molar-refractivity contribution in [1.29, 1.82) is 5.26 Å². The molecule has 0 spiro atoms. The van der Waals surface area contributed by atoms with Crippen molar-refractivity contribution >= 4 is 21.8 Å². The lowest BCUT2D eigenvalue weighted by molar-refractivity contribution is -0.138. The molecule has 0 aliphatic rings. The maximum Gasteiger partial charge on any atom is 0.417 e. The number of nitrogens with zero attached hydrogens (tertiary/aromatic N) is 1. The van der Waals surface area contributed by atoms with E-state index in [9.17, 15) is 18.0 Å². The highest BCUT2D eigenvalue weighted by molar-refractivity contribution is 9.10. The van der Waals surface area contributed by atoms with Crippen molar-refractivity contribution in [3.8, 4) is 6.07 Å². The number of halogens is 4. The molecule has 0 aliphatic heterocycles. The quantitative estimate of drug-likeness (QED) is 0.910. The fraction of sp³-hybridized carbons (Fsp3) is 0.273. The monoisotopic (exact) mass is 320 g/mol. The zero-order chi connectivity index (χ0) is 13.9. The Morgan fingerprint density at radius 1 is 1.50 bits per heavy atom. The SMILES string of the molecule is CC(C#N)NC(=O)c1ccc(Br)cc1C(F)(F)F. The van der Waals surface area contributed by atoms with Crippen LogP contribution in [0.4, 0.5) is 13.2 Å². The zero-order valence-electron chi connectivity index (χ0n) is 9.18. The van der Waals surface area contributed by atoms with Crippen LogP contribution in [-0.2, 0) is 6.18 Å². The number of carbonyl (C=O) groups is 1. The van der Waals surface area contributed by atoms with E-state index in [1.807, 2.05) is 0 Å². The molecule has 1 N–H and O–H groups in total. The van der Waals surface area contributed by atoms with Crippen molar-refractivity contribution in [2.75, 3.05) is 0 Å². The normalized spacial score (nSPS) is 12.7. The van der Waals surface area contributed by atoms with Gasteiger partial charge in [-0.3, -0.25) is 4.79 Å². The van der Waals surface area contributed by atoms with Gasteiger partial charge in [-0.2, -0.15) is 18.4 Å². The Kier molecular flexibility index (Phi) is 4.35. The highest BCUT2D eigenvalue weighted by Crippen LogP contribution is 2.33. The van der Waals surface area contributed by atoms with Gasteiger partial charge in [-0.15, -0.1) is 0 Å². The van der Waals surface area contributed by atoms with Crippen molar-refractivity contribution in [2.24, 2.45) is 0 Å². The molecular formula is C11H8BrF3N2O. The Morgan fingerprint density at radius 3 is 2.61 bits per heavy atom. The van der Waals surface area contributed by atoms with Gasteiger partial charge in [-0.05, 0) is 25.1 Å². The van der Waals surface area contributed by atoms with Crippen molar-refractivity contribution < 1.29 is 18.0 Å². The Hall–Kier alpha value is -1.55. The van der Waals surface area contributed by atoms with Crippen molar-refractivity contribution in [3.63, 3.8) is 0 Å². The van der Waals surface area contributed by atoms with Crippen LogP contribution in [-0.4, -0.2) is 11.9 Å². The van der Waals surface area contributed by atoms with Gasteiger partial charge in [-0.1, -0.05) is 15.9 Å². The van der Waals surface area contributed by atoms with Crippen LogP contribution in [0.5, 0.6) is 0 Å². The van der Waals surface area contributed by atoms with E-state index in [-0.39, 0.29) is 4.47 Å². The highest BCUT2D eigenvalue weighted by atomic mass is 79.9. The first-order chi connectivity index (χ1) is 8.25. The lowest BCUT2D eigenvalue weighted by atomic mass is 10.1. The van der Waals surface area contributed by atoms with Gasteiger partial charge in [0.1, 0.15) is 6.04 Å². The number of alkyl halides is 3. The Morgan fingerprint density at radius 2 is 2.11 bits per heavy atom. The average Bonchev–Trinajstić information content (AvgIpc) is 2.27. The van der Waals surface area contributed by atoms with Gasteiger partial charge < -0.3 is 5.32 Å². The van der Waals surface area contributed by atoms with Gasteiger partial charge in [0.15, 0.2) is 0 Å². The number of hydrogen-bond donors (Lipinski definition) is 1. The molecule has 96 valence electrons. The molecule has 0 saturated carbocycles. The van der Waals surface area contributed by atoms with Crippen LogP contribution in [0.15, 0.2) is 22.7 Å². The molecular weight excluding hydrogens is 313 g/mol. The lowest BCUT2D eigenvalue weighted by Gasteiger charge is -2.14. The molecule has 3 nitrogen and oxygen atoms in total. The van der Waals surface area contributed by atoms with Crippen molar-refractivity contribution in [3.05, 3.63) is 33.8 Å². The summed E-state index contributed by atoms with van der Waals surface area (Å²) in [6.45, 7) is 1.38. The summed E-state index contributed by atoms with van der Waals surface area (Å²) >= 11 is 2.92. The van der Waals surface area contributed by atoms with E-state index in [2.05, 4.69) is 21.2 Å². The van der Waals surface area contributed by atoms with Crippen LogP contribution in [0, 0.1) is 11.3 Å². The van der Waals surface area contributed by atoms with Gasteiger partial charge in [0.05, 0.1) is 17.2 Å². The lowest BCUT2D eigenvalue weighted by Crippen LogP contribution is -2.32. The van der Waals surface area contributed by atoms with Crippen LogP contribution < -0.4 is 5.32 Å². The topological polar surface area (TPSA) is 52.9 Å². The first kappa shape index (κ1) is 14.5. The summed E-state index contributed by atoms with van der Waals surface area (Å²) in [5.41, 5.74) is -1.55. The van der Waals surface area contributed by atoms with Crippen LogP contribution in [0.2, 0.25) is 0 Å². The number of amides is 1. The van der Waals surface area contributed by atoms with Crippen LogP contribution in [0.1, 0.15) is 22.8 Å². The third kappa shape index (κ3) is 3.47. The second-order valence-electron chi connectivity index (χ2n) is 3.51. The van der Waals surface area contributed by atoms with E-state index in [1.54, 1.807) is 6.07 Å². The fourth-order valence-corrected chi connectivity index (χ4v) is 1.62. The third-order valence-electron chi connectivity index (χ3n) is 2.07. The summed E-state index contributed by atoms with van der Waals surface area (Å²) < 4.78 is 38.4. The molecule has 0 aliphatic carbocycles. The molecule has 0 radical (unpaired) electrons. The summed E-state index contributed by atoms with van der Waals surface area (Å²) in [7, 11) is 0. The molecule has 18 heavy (non-hydrogen) atoms. The van der Waals surface area contributed by atoms with Crippen molar-refractivity contribution in [1.82, 2.24) is 5.32 Å².